The van der Waals surface area contributed by atoms with Crippen LogP contribution in [0.1, 0.15) is 32.0 Å². The van der Waals surface area contributed by atoms with E-state index in [0.717, 1.165) is 25.3 Å². The van der Waals surface area contributed by atoms with Crippen LogP contribution < -0.4 is 5.56 Å². The summed E-state index contributed by atoms with van der Waals surface area (Å²) in [5.74, 6) is 0.477. The van der Waals surface area contributed by atoms with Crippen molar-refractivity contribution in [2.75, 3.05) is 13.1 Å². The van der Waals surface area contributed by atoms with Gasteiger partial charge in [0.1, 0.15) is 0 Å². The molecule has 122 valence electrons. The SMILES string of the molecule is CC(C)(C)c1ccc(=O)n(CC2CN(Cc3ccnnc3)C2)n1. The van der Waals surface area contributed by atoms with Crippen LogP contribution in [0.4, 0.5) is 0 Å². The van der Waals surface area contributed by atoms with E-state index in [4.69, 9.17) is 0 Å². The van der Waals surface area contributed by atoms with Gasteiger partial charge in [-0.05, 0) is 17.7 Å². The third-order valence-electron chi connectivity index (χ3n) is 4.15. The van der Waals surface area contributed by atoms with E-state index >= 15 is 0 Å². The van der Waals surface area contributed by atoms with Crippen molar-refractivity contribution in [3.8, 4) is 0 Å². The number of likely N-dealkylation sites (tertiary alicyclic amines) is 1. The molecule has 3 rings (SSSR count). The molecule has 0 amide bonds. The molecular weight excluding hydrogens is 290 g/mol. The van der Waals surface area contributed by atoms with Crippen LogP contribution >= 0.6 is 0 Å². The van der Waals surface area contributed by atoms with Crippen LogP contribution in [0.2, 0.25) is 0 Å². The first kappa shape index (κ1) is 15.8. The van der Waals surface area contributed by atoms with E-state index in [2.05, 4.69) is 41.0 Å². The molecule has 1 aliphatic rings. The summed E-state index contributed by atoms with van der Waals surface area (Å²) in [5.41, 5.74) is 2.06. The van der Waals surface area contributed by atoms with Crippen LogP contribution in [0.5, 0.6) is 0 Å². The second-order valence-electron chi connectivity index (χ2n) is 7.30. The van der Waals surface area contributed by atoms with E-state index in [0.29, 0.717) is 12.5 Å². The summed E-state index contributed by atoms with van der Waals surface area (Å²) in [5, 5.41) is 12.2. The molecule has 0 bridgehead atoms. The summed E-state index contributed by atoms with van der Waals surface area (Å²) in [6, 6.07) is 5.45. The molecule has 1 saturated heterocycles. The molecule has 0 unspecified atom stereocenters. The standard InChI is InChI=1S/C17H23N5O/c1-17(2,3)15-4-5-16(23)22(20-15)12-14-10-21(11-14)9-13-6-7-18-19-8-13/h4-8,14H,9-12H2,1-3H3. The molecule has 0 spiro atoms. The van der Waals surface area contributed by atoms with Gasteiger partial charge in [0.05, 0.1) is 18.4 Å². The normalized spacial score (nSPS) is 16.3. The zero-order chi connectivity index (χ0) is 16.4. The minimum Gasteiger partial charge on any atom is -0.298 e. The maximum Gasteiger partial charge on any atom is 0.266 e. The van der Waals surface area contributed by atoms with E-state index in [1.165, 1.54) is 5.56 Å². The van der Waals surface area contributed by atoms with E-state index in [1.807, 2.05) is 12.1 Å². The van der Waals surface area contributed by atoms with Gasteiger partial charge in [-0.25, -0.2) is 4.68 Å². The van der Waals surface area contributed by atoms with Gasteiger partial charge in [0, 0.05) is 43.2 Å². The Balaban J connectivity index is 1.59. The first-order chi connectivity index (χ1) is 10.9. The molecule has 6 nitrogen and oxygen atoms in total. The molecule has 3 heterocycles. The molecule has 6 heteroatoms. The highest BCUT2D eigenvalue weighted by Crippen LogP contribution is 2.21. The smallest absolute Gasteiger partial charge is 0.266 e. The maximum absolute atomic E-state index is 12.0. The van der Waals surface area contributed by atoms with Crippen molar-refractivity contribution >= 4 is 0 Å². The highest BCUT2D eigenvalue weighted by atomic mass is 16.1. The highest BCUT2D eigenvalue weighted by molar-refractivity contribution is 5.11. The van der Waals surface area contributed by atoms with Crippen molar-refractivity contribution in [2.45, 2.75) is 39.3 Å². The molecule has 1 fully saturated rings. The second-order valence-corrected chi connectivity index (χ2v) is 7.30. The largest absolute Gasteiger partial charge is 0.298 e. The Morgan fingerprint density at radius 1 is 1.17 bits per heavy atom. The Morgan fingerprint density at radius 3 is 2.61 bits per heavy atom. The third-order valence-corrected chi connectivity index (χ3v) is 4.15. The van der Waals surface area contributed by atoms with E-state index in [9.17, 15) is 4.79 Å². The van der Waals surface area contributed by atoms with Crippen LogP contribution in [0.25, 0.3) is 0 Å². The Hall–Kier alpha value is -2.08. The molecular formula is C17H23N5O. The van der Waals surface area contributed by atoms with E-state index in [-0.39, 0.29) is 11.0 Å². The Labute approximate surface area is 136 Å². The average Bonchev–Trinajstić information content (AvgIpc) is 2.47. The minimum absolute atomic E-state index is 0.0187. The van der Waals surface area contributed by atoms with Crippen LogP contribution in [0, 0.1) is 5.92 Å². The summed E-state index contributed by atoms with van der Waals surface area (Å²) < 4.78 is 1.62. The van der Waals surface area contributed by atoms with Gasteiger partial charge in [-0.1, -0.05) is 20.8 Å². The molecule has 0 radical (unpaired) electrons. The summed E-state index contributed by atoms with van der Waals surface area (Å²) in [6.07, 6.45) is 3.51. The number of hydrogen-bond donors (Lipinski definition) is 0. The van der Waals surface area contributed by atoms with Gasteiger partial charge >= 0.3 is 0 Å². The molecule has 1 aliphatic heterocycles. The quantitative estimate of drug-likeness (QED) is 0.855. The minimum atomic E-state index is -0.0462. The van der Waals surface area contributed by atoms with Crippen molar-refractivity contribution in [1.29, 1.82) is 0 Å². The molecule has 23 heavy (non-hydrogen) atoms. The molecule has 0 atom stereocenters. The third kappa shape index (κ3) is 3.82. The summed E-state index contributed by atoms with van der Waals surface area (Å²) in [6.45, 7) is 9.87. The van der Waals surface area contributed by atoms with E-state index in [1.54, 1.807) is 23.1 Å². The van der Waals surface area contributed by atoms with Crippen LogP contribution in [0.15, 0.2) is 35.4 Å². The van der Waals surface area contributed by atoms with Gasteiger partial charge < -0.3 is 0 Å². The number of rotatable bonds is 4. The fourth-order valence-corrected chi connectivity index (χ4v) is 2.82. The van der Waals surface area contributed by atoms with Crippen molar-refractivity contribution in [3.63, 3.8) is 0 Å². The fraction of sp³-hybridized carbons (Fsp3) is 0.529. The summed E-state index contributed by atoms with van der Waals surface area (Å²) >= 11 is 0. The van der Waals surface area contributed by atoms with Gasteiger partial charge in [-0.2, -0.15) is 15.3 Å². The first-order valence-electron chi connectivity index (χ1n) is 7.98. The zero-order valence-corrected chi connectivity index (χ0v) is 13.9. The van der Waals surface area contributed by atoms with Crippen molar-refractivity contribution in [1.82, 2.24) is 24.9 Å². The van der Waals surface area contributed by atoms with Gasteiger partial charge in [-0.15, -0.1) is 0 Å². The summed E-state index contributed by atoms with van der Waals surface area (Å²) in [4.78, 5) is 14.4. The molecule has 0 N–H and O–H groups in total. The lowest BCUT2D eigenvalue weighted by Gasteiger charge is -2.39. The highest BCUT2D eigenvalue weighted by Gasteiger charge is 2.28. The molecule has 2 aromatic heterocycles. The lowest BCUT2D eigenvalue weighted by molar-refractivity contribution is 0.0762. The number of aromatic nitrogens is 4. The lowest BCUT2D eigenvalue weighted by atomic mass is 9.92. The van der Waals surface area contributed by atoms with Gasteiger partial charge in [-0.3, -0.25) is 9.69 Å². The molecule has 0 saturated carbocycles. The maximum atomic E-state index is 12.0. The lowest BCUT2D eigenvalue weighted by Crippen LogP contribution is -2.49. The second kappa shape index (κ2) is 6.20. The Kier molecular flexibility index (Phi) is 4.26. The number of nitrogens with zero attached hydrogens (tertiary/aromatic N) is 5. The van der Waals surface area contributed by atoms with Gasteiger partial charge in [0.2, 0.25) is 0 Å². The van der Waals surface area contributed by atoms with Crippen LogP contribution in [0.3, 0.4) is 0 Å². The Bertz CT molecular complexity index is 714. The van der Waals surface area contributed by atoms with Crippen molar-refractivity contribution < 1.29 is 0 Å². The van der Waals surface area contributed by atoms with Crippen molar-refractivity contribution in [2.24, 2.45) is 5.92 Å². The monoisotopic (exact) mass is 313 g/mol. The molecule has 0 aromatic carbocycles. The van der Waals surface area contributed by atoms with Crippen LogP contribution in [-0.4, -0.2) is 38.0 Å². The van der Waals surface area contributed by atoms with Crippen molar-refractivity contribution in [3.05, 3.63) is 52.2 Å². The average molecular weight is 313 g/mol. The fourth-order valence-electron chi connectivity index (χ4n) is 2.82. The topological polar surface area (TPSA) is 63.9 Å². The van der Waals surface area contributed by atoms with Crippen LogP contribution in [-0.2, 0) is 18.5 Å². The molecule has 0 aliphatic carbocycles. The molecule has 2 aromatic rings. The summed E-state index contributed by atoms with van der Waals surface area (Å²) in [7, 11) is 0. The predicted octanol–water partition coefficient (Wildman–Crippen LogP) is 1.46. The van der Waals surface area contributed by atoms with Gasteiger partial charge in [0.15, 0.2) is 0 Å². The Morgan fingerprint density at radius 2 is 1.96 bits per heavy atom. The first-order valence-corrected chi connectivity index (χ1v) is 7.98. The zero-order valence-electron chi connectivity index (χ0n) is 13.9. The number of hydrogen-bond acceptors (Lipinski definition) is 5. The van der Waals surface area contributed by atoms with Gasteiger partial charge in [0.25, 0.3) is 5.56 Å². The van der Waals surface area contributed by atoms with E-state index < -0.39 is 0 Å². The predicted molar refractivity (Wildman–Crippen MR) is 88.0 cm³/mol.